The SMILES string of the molecule is CCCN1Cc2c(Nc3ccc(F)cc3)nc(N3CCOCC3)nc2C1=O. The quantitative estimate of drug-likeness (QED) is 0.871. The summed E-state index contributed by atoms with van der Waals surface area (Å²) in [6.07, 6.45) is 0.879. The fourth-order valence-corrected chi connectivity index (χ4v) is 3.34. The number of amides is 1. The molecule has 8 heteroatoms. The Morgan fingerprint density at radius 2 is 1.93 bits per heavy atom. The van der Waals surface area contributed by atoms with Gasteiger partial charge in [0, 0.05) is 30.9 Å². The molecule has 7 nitrogen and oxygen atoms in total. The average Bonchev–Trinajstić information content (AvgIpc) is 3.01. The van der Waals surface area contributed by atoms with E-state index >= 15 is 0 Å². The highest BCUT2D eigenvalue weighted by molar-refractivity contribution is 5.98. The van der Waals surface area contributed by atoms with Crippen LogP contribution < -0.4 is 10.2 Å². The third-order valence-electron chi connectivity index (χ3n) is 4.73. The van der Waals surface area contributed by atoms with Crippen LogP contribution in [0.5, 0.6) is 0 Å². The Balaban J connectivity index is 1.72. The van der Waals surface area contributed by atoms with Gasteiger partial charge in [-0.3, -0.25) is 4.79 Å². The van der Waals surface area contributed by atoms with E-state index in [4.69, 9.17) is 9.72 Å². The molecule has 0 radical (unpaired) electrons. The molecule has 0 unspecified atom stereocenters. The van der Waals surface area contributed by atoms with Gasteiger partial charge in [-0.05, 0) is 30.7 Å². The number of aromatic nitrogens is 2. The van der Waals surface area contributed by atoms with E-state index in [0.717, 1.165) is 12.0 Å². The minimum absolute atomic E-state index is 0.0640. The molecule has 3 heterocycles. The lowest BCUT2D eigenvalue weighted by Crippen LogP contribution is -2.37. The lowest BCUT2D eigenvalue weighted by molar-refractivity contribution is 0.0774. The van der Waals surface area contributed by atoms with E-state index in [1.807, 2.05) is 11.8 Å². The molecule has 0 saturated carbocycles. The van der Waals surface area contributed by atoms with E-state index in [1.165, 1.54) is 12.1 Å². The first-order valence-corrected chi connectivity index (χ1v) is 9.21. The zero-order valence-electron chi connectivity index (χ0n) is 15.2. The van der Waals surface area contributed by atoms with Gasteiger partial charge in [-0.25, -0.2) is 9.37 Å². The first kappa shape index (κ1) is 17.7. The summed E-state index contributed by atoms with van der Waals surface area (Å²) in [5.74, 6) is 0.756. The van der Waals surface area contributed by atoms with Gasteiger partial charge in [-0.2, -0.15) is 4.98 Å². The maximum absolute atomic E-state index is 13.2. The number of benzene rings is 1. The van der Waals surface area contributed by atoms with Crippen LogP contribution >= 0.6 is 0 Å². The van der Waals surface area contributed by atoms with Gasteiger partial charge in [-0.15, -0.1) is 0 Å². The second-order valence-electron chi connectivity index (χ2n) is 6.66. The summed E-state index contributed by atoms with van der Waals surface area (Å²) in [6, 6.07) is 6.08. The summed E-state index contributed by atoms with van der Waals surface area (Å²) in [4.78, 5) is 25.9. The molecular formula is C19H22FN5O2. The van der Waals surface area contributed by atoms with Crippen molar-refractivity contribution in [2.24, 2.45) is 0 Å². The van der Waals surface area contributed by atoms with Crippen molar-refractivity contribution in [2.75, 3.05) is 43.1 Å². The monoisotopic (exact) mass is 371 g/mol. The number of nitrogens with zero attached hydrogens (tertiary/aromatic N) is 4. The molecule has 1 amide bonds. The molecule has 1 aromatic carbocycles. The number of rotatable bonds is 5. The van der Waals surface area contributed by atoms with Crippen molar-refractivity contribution in [3.05, 3.63) is 41.3 Å². The normalized spacial score (nSPS) is 16.6. The van der Waals surface area contributed by atoms with E-state index in [1.54, 1.807) is 17.0 Å². The van der Waals surface area contributed by atoms with Crippen molar-refractivity contribution in [3.63, 3.8) is 0 Å². The van der Waals surface area contributed by atoms with Crippen molar-refractivity contribution < 1.29 is 13.9 Å². The Kier molecular flexibility index (Phi) is 4.89. The van der Waals surface area contributed by atoms with E-state index in [9.17, 15) is 9.18 Å². The number of hydrogen-bond acceptors (Lipinski definition) is 6. The van der Waals surface area contributed by atoms with Crippen LogP contribution in [0.15, 0.2) is 24.3 Å². The van der Waals surface area contributed by atoms with E-state index in [0.29, 0.717) is 62.5 Å². The molecule has 1 fully saturated rings. The number of morpholine rings is 1. The van der Waals surface area contributed by atoms with Crippen molar-refractivity contribution in [1.82, 2.24) is 14.9 Å². The number of halogens is 1. The second kappa shape index (κ2) is 7.48. The van der Waals surface area contributed by atoms with Crippen LogP contribution in [0.25, 0.3) is 0 Å². The average molecular weight is 371 g/mol. The number of carbonyl (C=O) groups is 1. The minimum Gasteiger partial charge on any atom is -0.378 e. The number of anilines is 3. The van der Waals surface area contributed by atoms with Crippen molar-refractivity contribution >= 4 is 23.4 Å². The van der Waals surface area contributed by atoms with Crippen molar-refractivity contribution in [2.45, 2.75) is 19.9 Å². The topological polar surface area (TPSA) is 70.6 Å². The van der Waals surface area contributed by atoms with Crippen LogP contribution in [-0.4, -0.2) is 53.6 Å². The van der Waals surface area contributed by atoms with Gasteiger partial charge in [0.05, 0.1) is 19.8 Å². The maximum Gasteiger partial charge on any atom is 0.273 e. The summed E-state index contributed by atoms with van der Waals surface area (Å²) < 4.78 is 18.6. The first-order valence-electron chi connectivity index (χ1n) is 9.21. The molecule has 2 aliphatic heterocycles. The summed E-state index contributed by atoms with van der Waals surface area (Å²) in [5.41, 5.74) is 1.95. The molecule has 0 bridgehead atoms. The summed E-state index contributed by atoms with van der Waals surface area (Å²) in [5, 5.41) is 3.24. The van der Waals surface area contributed by atoms with Gasteiger partial charge < -0.3 is 19.9 Å². The number of ether oxygens (including phenoxy) is 1. The molecule has 0 atom stereocenters. The molecule has 27 heavy (non-hydrogen) atoms. The zero-order valence-corrected chi connectivity index (χ0v) is 15.2. The molecule has 1 N–H and O–H groups in total. The zero-order chi connectivity index (χ0) is 18.8. The summed E-state index contributed by atoms with van der Waals surface area (Å²) in [7, 11) is 0. The van der Waals surface area contributed by atoms with Gasteiger partial charge in [0.1, 0.15) is 17.3 Å². The molecule has 0 spiro atoms. The van der Waals surface area contributed by atoms with Crippen LogP contribution in [0, 0.1) is 5.82 Å². The van der Waals surface area contributed by atoms with Crippen LogP contribution in [0.2, 0.25) is 0 Å². The molecule has 142 valence electrons. The van der Waals surface area contributed by atoms with Gasteiger partial charge >= 0.3 is 0 Å². The second-order valence-corrected chi connectivity index (χ2v) is 6.66. The Labute approximate surface area is 157 Å². The molecule has 2 aromatic rings. The van der Waals surface area contributed by atoms with E-state index < -0.39 is 0 Å². The summed E-state index contributed by atoms with van der Waals surface area (Å²) in [6.45, 7) is 5.78. The predicted octanol–water partition coefficient (Wildman–Crippen LogP) is 2.56. The maximum atomic E-state index is 13.2. The predicted molar refractivity (Wildman–Crippen MR) is 99.8 cm³/mol. The van der Waals surface area contributed by atoms with Gasteiger partial charge in [0.25, 0.3) is 5.91 Å². The van der Waals surface area contributed by atoms with Gasteiger partial charge in [0.15, 0.2) is 0 Å². The van der Waals surface area contributed by atoms with Crippen molar-refractivity contribution in [3.8, 4) is 0 Å². The fourth-order valence-electron chi connectivity index (χ4n) is 3.34. The Morgan fingerprint density at radius 3 is 2.63 bits per heavy atom. The highest BCUT2D eigenvalue weighted by atomic mass is 19.1. The summed E-state index contributed by atoms with van der Waals surface area (Å²) >= 11 is 0. The highest BCUT2D eigenvalue weighted by Gasteiger charge is 2.33. The third kappa shape index (κ3) is 3.57. The number of nitrogens with one attached hydrogen (secondary N) is 1. The smallest absolute Gasteiger partial charge is 0.273 e. The Morgan fingerprint density at radius 1 is 1.19 bits per heavy atom. The van der Waals surface area contributed by atoms with Crippen LogP contribution in [0.4, 0.5) is 21.8 Å². The molecule has 1 saturated heterocycles. The number of fused-ring (bicyclic) bond motifs is 1. The molecular weight excluding hydrogens is 349 g/mol. The van der Waals surface area contributed by atoms with E-state index in [2.05, 4.69) is 10.3 Å². The van der Waals surface area contributed by atoms with Gasteiger partial charge in [0.2, 0.25) is 5.95 Å². The largest absolute Gasteiger partial charge is 0.378 e. The first-order chi connectivity index (χ1) is 13.2. The molecule has 4 rings (SSSR count). The molecule has 1 aromatic heterocycles. The minimum atomic E-state index is -0.299. The third-order valence-corrected chi connectivity index (χ3v) is 4.73. The Hall–Kier alpha value is -2.74. The van der Waals surface area contributed by atoms with Crippen molar-refractivity contribution in [1.29, 1.82) is 0 Å². The number of hydrogen-bond donors (Lipinski definition) is 1. The van der Waals surface area contributed by atoms with Crippen LogP contribution in [0.1, 0.15) is 29.4 Å². The van der Waals surface area contributed by atoms with Crippen LogP contribution in [-0.2, 0) is 11.3 Å². The molecule has 0 aliphatic carbocycles. The Bertz CT molecular complexity index is 837. The fraction of sp³-hybridized carbons (Fsp3) is 0.421. The van der Waals surface area contributed by atoms with Crippen LogP contribution in [0.3, 0.4) is 0 Å². The number of carbonyl (C=O) groups excluding carboxylic acids is 1. The lowest BCUT2D eigenvalue weighted by Gasteiger charge is -2.27. The lowest BCUT2D eigenvalue weighted by atomic mass is 10.2. The van der Waals surface area contributed by atoms with Gasteiger partial charge in [-0.1, -0.05) is 6.92 Å². The molecule has 2 aliphatic rings. The van der Waals surface area contributed by atoms with E-state index in [-0.39, 0.29) is 11.7 Å². The standard InChI is InChI=1S/C19H22FN5O2/c1-2-7-25-12-15-16(18(25)26)22-19(24-8-10-27-11-9-24)23-17(15)21-14-5-3-13(20)4-6-14/h3-6H,2,7-12H2,1H3,(H,21,22,23). The highest BCUT2D eigenvalue weighted by Crippen LogP contribution is 2.31.